The number of nitrogens with zero attached hydrogens (tertiary/aromatic N) is 2. The van der Waals surface area contributed by atoms with Gasteiger partial charge in [-0.05, 0) is 17.9 Å². The monoisotopic (exact) mass is 231 g/mol. The van der Waals surface area contributed by atoms with E-state index in [2.05, 4.69) is 24.0 Å². The van der Waals surface area contributed by atoms with Gasteiger partial charge in [0.2, 0.25) is 0 Å². The summed E-state index contributed by atoms with van der Waals surface area (Å²) in [5, 5.41) is 8.09. The molecule has 0 spiro atoms. The van der Waals surface area contributed by atoms with Gasteiger partial charge >= 0.3 is 0 Å². The lowest BCUT2D eigenvalue weighted by molar-refractivity contribution is 0.508. The van der Waals surface area contributed by atoms with Gasteiger partial charge in [0.05, 0.1) is 5.54 Å². The highest BCUT2D eigenvalue weighted by Gasteiger charge is 2.60. The number of halogens is 2. The molecule has 0 saturated heterocycles. The van der Waals surface area contributed by atoms with E-state index in [0.717, 1.165) is 12.0 Å². The van der Waals surface area contributed by atoms with Crippen LogP contribution in [0.25, 0.3) is 0 Å². The Morgan fingerprint density at radius 1 is 1.36 bits per heavy atom. The third kappa shape index (κ3) is 1.31. The van der Waals surface area contributed by atoms with Crippen LogP contribution in [0, 0.1) is 5.41 Å². The zero-order chi connectivity index (χ0) is 10.6. The highest BCUT2D eigenvalue weighted by Crippen LogP contribution is 2.61. The molecule has 1 aromatic heterocycles. The third-order valence-electron chi connectivity index (χ3n) is 3.00. The molecule has 1 saturated carbocycles. The molecule has 0 bridgehead atoms. The van der Waals surface area contributed by atoms with E-state index in [1.54, 1.807) is 6.07 Å². The van der Waals surface area contributed by atoms with E-state index >= 15 is 0 Å². The summed E-state index contributed by atoms with van der Waals surface area (Å²) in [5.74, 6) is 0. The first-order valence-corrected chi connectivity index (χ1v) is 5.10. The molecular formula is C9H11Cl2N3. The number of hydrogen-bond donors (Lipinski definition) is 1. The van der Waals surface area contributed by atoms with Crippen molar-refractivity contribution in [3.05, 3.63) is 21.9 Å². The second kappa shape index (κ2) is 2.81. The van der Waals surface area contributed by atoms with Gasteiger partial charge in [0, 0.05) is 5.56 Å². The predicted molar refractivity (Wildman–Crippen MR) is 56.3 cm³/mol. The lowest BCUT2D eigenvalue weighted by Crippen LogP contribution is -2.26. The molecule has 1 aromatic rings. The van der Waals surface area contributed by atoms with Crippen molar-refractivity contribution in [1.82, 2.24) is 10.2 Å². The molecule has 1 unspecified atom stereocenters. The molecular weight excluding hydrogens is 221 g/mol. The molecule has 2 N–H and O–H groups in total. The molecule has 76 valence electrons. The molecule has 2 rings (SSSR count). The van der Waals surface area contributed by atoms with E-state index in [9.17, 15) is 0 Å². The Balaban J connectivity index is 2.48. The molecule has 5 heteroatoms. The summed E-state index contributed by atoms with van der Waals surface area (Å²) in [7, 11) is 0. The lowest BCUT2D eigenvalue weighted by Gasteiger charge is -2.15. The van der Waals surface area contributed by atoms with Gasteiger partial charge in [0.15, 0.2) is 10.3 Å². The van der Waals surface area contributed by atoms with Crippen LogP contribution >= 0.6 is 23.2 Å². The van der Waals surface area contributed by atoms with Gasteiger partial charge in [-0.1, -0.05) is 37.0 Å². The number of rotatable bonds is 1. The number of nitrogens with two attached hydrogens (primary N) is 1. The van der Waals surface area contributed by atoms with Crippen molar-refractivity contribution in [1.29, 1.82) is 0 Å². The highest BCUT2D eigenvalue weighted by molar-refractivity contribution is 6.31. The summed E-state index contributed by atoms with van der Waals surface area (Å²) in [4.78, 5) is 0. The Morgan fingerprint density at radius 3 is 2.43 bits per heavy atom. The Bertz CT molecular complexity index is 392. The minimum Gasteiger partial charge on any atom is -0.321 e. The summed E-state index contributed by atoms with van der Waals surface area (Å²) < 4.78 is 0. The quantitative estimate of drug-likeness (QED) is 0.808. The molecule has 1 aliphatic rings. The molecule has 14 heavy (non-hydrogen) atoms. The maximum atomic E-state index is 6.20. The number of hydrogen-bond acceptors (Lipinski definition) is 3. The van der Waals surface area contributed by atoms with Crippen molar-refractivity contribution in [2.24, 2.45) is 11.1 Å². The lowest BCUT2D eigenvalue weighted by atomic mass is 9.99. The van der Waals surface area contributed by atoms with Gasteiger partial charge in [0.1, 0.15) is 0 Å². The Hall–Kier alpha value is -0.380. The smallest absolute Gasteiger partial charge is 0.156 e. The van der Waals surface area contributed by atoms with E-state index in [4.69, 9.17) is 28.9 Å². The summed E-state index contributed by atoms with van der Waals surface area (Å²) in [6.07, 6.45) is 0.891. The first-order valence-electron chi connectivity index (χ1n) is 4.35. The third-order valence-corrected chi connectivity index (χ3v) is 3.47. The van der Waals surface area contributed by atoms with Gasteiger partial charge in [-0.2, -0.15) is 0 Å². The molecule has 1 atom stereocenters. The van der Waals surface area contributed by atoms with E-state index in [-0.39, 0.29) is 5.41 Å². The van der Waals surface area contributed by atoms with E-state index < -0.39 is 5.54 Å². The van der Waals surface area contributed by atoms with Crippen molar-refractivity contribution < 1.29 is 0 Å². The first-order chi connectivity index (χ1) is 6.37. The molecule has 0 amide bonds. The van der Waals surface area contributed by atoms with Gasteiger partial charge < -0.3 is 5.73 Å². The average Bonchev–Trinajstić information content (AvgIpc) is 2.58. The zero-order valence-corrected chi connectivity index (χ0v) is 9.52. The molecule has 1 aliphatic carbocycles. The molecule has 1 heterocycles. The van der Waals surface area contributed by atoms with Crippen molar-refractivity contribution in [3.8, 4) is 0 Å². The molecule has 0 radical (unpaired) electrons. The van der Waals surface area contributed by atoms with Crippen LogP contribution < -0.4 is 5.73 Å². The normalized spacial score (nSPS) is 28.9. The Kier molecular flexibility index (Phi) is 2.04. The van der Waals surface area contributed by atoms with Crippen LogP contribution in [0.2, 0.25) is 10.3 Å². The number of aromatic nitrogens is 2. The first kappa shape index (κ1) is 10.1. The summed E-state index contributed by atoms with van der Waals surface area (Å²) in [5.41, 5.74) is 6.66. The fourth-order valence-corrected chi connectivity index (χ4v) is 2.19. The highest BCUT2D eigenvalue weighted by atomic mass is 35.5. The topological polar surface area (TPSA) is 51.8 Å². The molecule has 0 aliphatic heterocycles. The standard InChI is InChI=1S/C9H11Cl2N3/c1-8(2)4-9(8,12)5-3-6(10)13-14-7(5)11/h3H,4,12H2,1-2H3. The van der Waals surface area contributed by atoms with Gasteiger partial charge in [-0.25, -0.2) is 0 Å². The van der Waals surface area contributed by atoms with E-state index in [0.29, 0.717) is 10.3 Å². The molecule has 1 fully saturated rings. The minimum atomic E-state index is -0.399. The SMILES string of the molecule is CC1(C)CC1(N)c1cc(Cl)nnc1Cl. The van der Waals surface area contributed by atoms with Gasteiger partial charge in [0.25, 0.3) is 0 Å². The van der Waals surface area contributed by atoms with Gasteiger partial charge in [-0.3, -0.25) is 0 Å². The van der Waals surface area contributed by atoms with E-state index in [1.807, 2.05) is 0 Å². The maximum Gasteiger partial charge on any atom is 0.156 e. The second-order valence-corrected chi connectivity index (χ2v) is 5.15. The summed E-state index contributed by atoms with van der Waals surface area (Å²) in [6, 6.07) is 1.70. The predicted octanol–water partition coefficient (Wildman–Crippen LogP) is 2.37. The van der Waals surface area contributed by atoms with Crippen LogP contribution in [0.1, 0.15) is 25.8 Å². The fraction of sp³-hybridized carbons (Fsp3) is 0.556. The molecule has 3 nitrogen and oxygen atoms in total. The van der Waals surface area contributed by atoms with Crippen molar-refractivity contribution in [3.63, 3.8) is 0 Å². The van der Waals surface area contributed by atoms with Crippen LogP contribution in [-0.4, -0.2) is 10.2 Å². The fourth-order valence-electron chi connectivity index (χ4n) is 1.78. The summed E-state index contributed by atoms with van der Waals surface area (Å²) >= 11 is 11.7. The van der Waals surface area contributed by atoms with Gasteiger partial charge in [-0.15, -0.1) is 10.2 Å². The average molecular weight is 232 g/mol. The van der Waals surface area contributed by atoms with Crippen LogP contribution in [0.4, 0.5) is 0 Å². The maximum absolute atomic E-state index is 6.20. The van der Waals surface area contributed by atoms with Crippen molar-refractivity contribution in [2.75, 3.05) is 0 Å². The Morgan fingerprint density at radius 2 is 1.93 bits per heavy atom. The van der Waals surface area contributed by atoms with Crippen molar-refractivity contribution in [2.45, 2.75) is 25.8 Å². The zero-order valence-electron chi connectivity index (χ0n) is 8.01. The largest absolute Gasteiger partial charge is 0.321 e. The van der Waals surface area contributed by atoms with Crippen LogP contribution in [0.15, 0.2) is 6.07 Å². The van der Waals surface area contributed by atoms with Crippen LogP contribution in [0.5, 0.6) is 0 Å². The van der Waals surface area contributed by atoms with Crippen LogP contribution in [-0.2, 0) is 5.54 Å². The van der Waals surface area contributed by atoms with E-state index in [1.165, 1.54) is 0 Å². The second-order valence-electron chi connectivity index (χ2n) is 4.40. The Labute approximate surface area is 92.6 Å². The van der Waals surface area contributed by atoms with Crippen LogP contribution in [0.3, 0.4) is 0 Å². The minimum absolute atomic E-state index is 0.0585. The van der Waals surface area contributed by atoms with Crippen molar-refractivity contribution >= 4 is 23.2 Å². The molecule has 0 aromatic carbocycles. The summed E-state index contributed by atoms with van der Waals surface area (Å²) in [6.45, 7) is 4.19.